The van der Waals surface area contributed by atoms with Crippen molar-refractivity contribution in [2.75, 3.05) is 12.4 Å². The van der Waals surface area contributed by atoms with Crippen LogP contribution < -0.4 is 15.4 Å². The fourth-order valence-corrected chi connectivity index (χ4v) is 2.94. The maximum Gasteiger partial charge on any atom is 0.261 e. The molecule has 8 heteroatoms. The van der Waals surface area contributed by atoms with Gasteiger partial charge >= 0.3 is 0 Å². The summed E-state index contributed by atoms with van der Waals surface area (Å²) in [6.07, 6.45) is 0. The lowest BCUT2D eigenvalue weighted by Gasteiger charge is -2.13. The lowest BCUT2D eigenvalue weighted by atomic mass is 10.2. The van der Waals surface area contributed by atoms with Crippen LogP contribution in [-0.2, 0) is 0 Å². The van der Waals surface area contributed by atoms with E-state index in [0.29, 0.717) is 5.02 Å². The Labute approximate surface area is 162 Å². The topological polar surface area (TPSA) is 50.4 Å². The van der Waals surface area contributed by atoms with Crippen LogP contribution in [0.1, 0.15) is 10.4 Å². The summed E-state index contributed by atoms with van der Waals surface area (Å²) >= 11 is 19.3. The number of rotatable bonds is 3. The van der Waals surface area contributed by atoms with Gasteiger partial charge in [-0.05, 0) is 71.2 Å². The number of ether oxygens (including phenoxy) is 1. The molecule has 2 rings (SSSR count). The van der Waals surface area contributed by atoms with Crippen molar-refractivity contribution in [2.24, 2.45) is 0 Å². The number of carbonyl (C=O) groups is 1. The van der Waals surface area contributed by atoms with Gasteiger partial charge in [-0.2, -0.15) is 0 Å². The number of hydrogen-bond acceptors (Lipinski definition) is 3. The van der Waals surface area contributed by atoms with Crippen molar-refractivity contribution in [1.82, 2.24) is 5.32 Å². The van der Waals surface area contributed by atoms with Gasteiger partial charge in [0.2, 0.25) is 0 Å². The SMILES string of the molecule is COc1c(Cl)cc(Cl)cc1C(=O)NC(=S)Nc1ccc(I)cc1. The predicted molar refractivity (Wildman–Crippen MR) is 106 cm³/mol. The molecular weight excluding hydrogens is 470 g/mol. The molecular formula is C15H11Cl2IN2O2S. The number of methoxy groups -OCH3 is 1. The Morgan fingerprint density at radius 2 is 1.87 bits per heavy atom. The largest absolute Gasteiger partial charge is 0.494 e. The zero-order valence-electron chi connectivity index (χ0n) is 11.8. The second-order valence-corrected chi connectivity index (χ2v) is 6.88. The second kappa shape index (κ2) is 8.14. The number of hydrogen-bond donors (Lipinski definition) is 2. The van der Waals surface area contributed by atoms with E-state index in [1.165, 1.54) is 19.2 Å². The number of benzene rings is 2. The second-order valence-electron chi connectivity index (χ2n) is 4.38. The number of anilines is 1. The zero-order chi connectivity index (χ0) is 17.0. The molecule has 2 N–H and O–H groups in total. The first-order valence-corrected chi connectivity index (χ1v) is 8.56. The predicted octanol–water partition coefficient (Wildman–Crippen LogP) is 4.73. The standard InChI is InChI=1S/C15H11Cl2IN2O2S/c1-22-13-11(6-8(16)7-12(13)17)14(21)20-15(23)19-10-4-2-9(18)3-5-10/h2-7H,1H3,(H2,19,20,21,23). The summed E-state index contributed by atoms with van der Waals surface area (Å²) in [5, 5.41) is 6.24. The van der Waals surface area contributed by atoms with E-state index in [0.717, 1.165) is 9.26 Å². The van der Waals surface area contributed by atoms with Gasteiger partial charge in [0.25, 0.3) is 5.91 Å². The molecule has 0 aliphatic rings. The third kappa shape index (κ3) is 4.94. The van der Waals surface area contributed by atoms with Gasteiger partial charge in [-0.3, -0.25) is 10.1 Å². The Hall–Kier alpha value is -1.09. The van der Waals surface area contributed by atoms with Crippen molar-refractivity contribution in [3.05, 3.63) is 55.6 Å². The lowest BCUT2D eigenvalue weighted by molar-refractivity contribution is 0.0975. The Kier molecular flexibility index (Phi) is 6.46. The van der Waals surface area contributed by atoms with E-state index in [9.17, 15) is 4.79 Å². The molecule has 0 saturated carbocycles. The average molecular weight is 481 g/mol. The van der Waals surface area contributed by atoms with E-state index >= 15 is 0 Å². The van der Waals surface area contributed by atoms with Crippen molar-refractivity contribution >= 4 is 74.7 Å². The van der Waals surface area contributed by atoms with Crippen LogP contribution in [0.25, 0.3) is 0 Å². The van der Waals surface area contributed by atoms with Gasteiger partial charge in [0, 0.05) is 14.3 Å². The molecule has 0 saturated heterocycles. The molecule has 0 bridgehead atoms. The third-order valence-corrected chi connectivity index (χ3v) is 4.21. The molecule has 0 aromatic heterocycles. The minimum atomic E-state index is -0.464. The van der Waals surface area contributed by atoms with Gasteiger partial charge < -0.3 is 10.1 Å². The van der Waals surface area contributed by atoms with Crippen molar-refractivity contribution in [1.29, 1.82) is 0 Å². The minimum absolute atomic E-state index is 0.161. The number of carbonyl (C=O) groups excluding carboxylic acids is 1. The number of halogens is 3. The highest BCUT2D eigenvalue weighted by atomic mass is 127. The van der Waals surface area contributed by atoms with Crippen LogP contribution >= 0.6 is 58.0 Å². The molecule has 0 spiro atoms. The van der Waals surface area contributed by atoms with Crippen LogP contribution in [0.15, 0.2) is 36.4 Å². The highest BCUT2D eigenvalue weighted by Crippen LogP contribution is 2.32. The summed E-state index contributed by atoms with van der Waals surface area (Å²) in [6, 6.07) is 10.5. The molecule has 0 heterocycles. The van der Waals surface area contributed by atoms with Gasteiger partial charge in [0.05, 0.1) is 17.7 Å². The average Bonchev–Trinajstić information content (AvgIpc) is 2.48. The van der Waals surface area contributed by atoms with Gasteiger partial charge in [-0.25, -0.2) is 0 Å². The molecule has 0 unspecified atom stereocenters. The summed E-state index contributed by atoms with van der Waals surface area (Å²) in [7, 11) is 1.42. The lowest BCUT2D eigenvalue weighted by Crippen LogP contribution is -2.34. The maximum absolute atomic E-state index is 12.3. The summed E-state index contributed by atoms with van der Waals surface area (Å²) in [5.74, 6) is -0.222. The first kappa shape index (κ1) is 18.3. The molecule has 2 aromatic rings. The van der Waals surface area contributed by atoms with E-state index in [4.69, 9.17) is 40.2 Å². The van der Waals surface area contributed by atoms with E-state index in [-0.39, 0.29) is 21.4 Å². The Morgan fingerprint density at radius 3 is 2.48 bits per heavy atom. The number of amides is 1. The molecule has 2 aromatic carbocycles. The number of thiocarbonyl (C=S) groups is 1. The van der Waals surface area contributed by atoms with Crippen LogP contribution in [0.3, 0.4) is 0 Å². The molecule has 120 valence electrons. The molecule has 0 aliphatic carbocycles. The van der Waals surface area contributed by atoms with E-state index in [1.54, 1.807) is 0 Å². The van der Waals surface area contributed by atoms with Crippen LogP contribution in [0.2, 0.25) is 10.0 Å². The molecule has 0 fully saturated rings. The normalized spacial score (nSPS) is 10.1. The fourth-order valence-electron chi connectivity index (χ4n) is 1.80. The van der Waals surface area contributed by atoms with Gasteiger partial charge in [-0.1, -0.05) is 23.2 Å². The highest BCUT2D eigenvalue weighted by molar-refractivity contribution is 14.1. The van der Waals surface area contributed by atoms with Crippen LogP contribution in [0, 0.1) is 3.57 Å². The molecule has 0 atom stereocenters. The maximum atomic E-state index is 12.3. The van der Waals surface area contributed by atoms with Gasteiger partial charge in [-0.15, -0.1) is 0 Å². The van der Waals surface area contributed by atoms with Crippen LogP contribution in [0.4, 0.5) is 5.69 Å². The minimum Gasteiger partial charge on any atom is -0.494 e. The highest BCUT2D eigenvalue weighted by Gasteiger charge is 2.17. The van der Waals surface area contributed by atoms with Gasteiger partial charge in [0.1, 0.15) is 5.75 Å². The van der Waals surface area contributed by atoms with E-state index in [1.807, 2.05) is 24.3 Å². The van der Waals surface area contributed by atoms with Gasteiger partial charge in [0.15, 0.2) is 5.11 Å². The van der Waals surface area contributed by atoms with Crippen LogP contribution in [-0.4, -0.2) is 18.1 Å². The first-order valence-electron chi connectivity index (χ1n) is 6.31. The molecule has 4 nitrogen and oxygen atoms in total. The zero-order valence-corrected chi connectivity index (χ0v) is 16.3. The Balaban J connectivity index is 2.12. The van der Waals surface area contributed by atoms with Crippen molar-refractivity contribution in [3.8, 4) is 5.75 Å². The van der Waals surface area contributed by atoms with E-state index < -0.39 is 5.91 Å². The van der Waals surface area contributed by atoms with Crippen molar-refractivity contribution in [3.63, 3.8) is 0 Å². The van der Waals surface area contributed by atoms with Crippen molar-refractivity contribution in [2.45, 2.75) is 0 Å². The summed E-state index contributed by atoms with van der Waals surface area (Å²) in [5.41, 5.74) is 0.976. The smallest absolute Gasteiger partial charge is 0.261 e. The molecule has 0 radical (unpaired) electrons. The first-order chi connectivity index (χ1) is 10.9. The summed E-state index contributed by atoms with van der Waals surface area (Å²) < 4.78 is 6.25. The molecule has 0 aliphatic heterocycles. The van der Waals surface area contributed by atoms with Crippen molar-refractivity contribution < 1.29 is 9.53 Å². The summed E-state index contributed by atoms with van der Waals surface area (Å²) in [4.78, 5) is 12.3. The summed E-state index contributed by atoms with van der Waals surface area (Å²) in [6.45, 7) is 0. The monoisotopic (exact) mass is 480 g/mol. The Morgan fingerprint density at radius 1 is 1.22 bits per heavy atom. The Bertz CT molecular complexity index is 754. The van der Waals surface area contributed by atoms with E-state index in [2.05, 4.69) is 33.2 Å². The number of nitrogens with one attached hydrogen (secondary N) is 2. The fraction of sp³-hybridized carbons (Fsp3) is 0.0667. The molecule has 1 amide bonds. The third-order valence-electron chi connectivity index (χ3n) is 2.79. The van der Waals surface area contributed by atoms with Crippen LogP contribution in [0.5, 0.6) is 5.75 Å². The quantitative estimate of drug-likeness (QED) is 0.492. The molecule has 23 heavy (non-hydrogen) atoms.